The van der Waals surface area contributed by atoms with E-state index in [1.165, 1.54) is 0 Å². The van der Waals surface area contributed by atoms with Crippen LogP contribution in [0.5, 0.6) is 0 Å². The van der Waals surface area contributed by atoms with E-state index in [0.29, 0.717) is 23.5 Å². The van der Waals surface area contributed by atoms with Gasteiger partial charge in [-0.3, -0.25) is 4.79 Å². The third-order valence-corrected chi connectivity index (χ3v) is 5.24. The molecule has 1 unspecified atom stereocenters. The Morgan fingerprint density at radius 1 is 1.21 bits per heavy atom. The topological polar surface area (TPSA) is 59.3 Å². The van der Waals surface area contributed by atoms with Crippen LogP contribution >= 0.6 is 0 Å². The highest BCUT2D eigenvalue weighted by molar-refractivity contribution is 7.83. The second kappa shape index (κ2) is 8.94. The number of ketones is 1. The third-order valence-electron chi connectivity index (χ3n) is 4.07. The van der Waals surface area contributed by atoms with Gasteiger partial charge in [0, 0.05) is 12.3 Å². The van der Waals surface area contributed by atoms with Gasteiger partial charge in [0.05, 0.1) is 17.2 Å². The van der Waals surface area contributed by atoms with Crippen molar-refractivity contribution >= 4 is 16.8 Å². The smallest absolute Gasteiger partial charge is 0.138 e. The Labute approximate surface area is 146 Å². The Bertz CT molecular complexity index is 664. The predicted octanol–water partition coefficient (Wildman–Crippen LogP) is 4.34. The number of nitrogens with one attached hydrogen (secondary N) is 1. The number of aryl methyl sites for hydroxylation is 1. The van der Waals surface area contributed by atoms with Gasteiger partial charge in [-0.1, -0.05) is 31.5 Å². The van der Waals surface area contributed by atoms with Crippen LogP contribution in [0.25, 0.3) is 0 Å². The minimum atomic E-state index is -1.41. The van der Waals surface area contributed by atoms with Crippen LogP contribution in [0, 0.1) is 12.8 Å². The van der Waals surface area contributed by atoms with E-state index in [2.05, 4.69) is 4.72 Å². The van der Waals surface area contributed by atoms with Crippen LogP contribution in [-0.4, -0.2) is 9.99 Å². The first-order valence-corrected chi connectivity index (χ1v) is 9.52. The van der Waals surface area contributed by atoms with Crippen molar-refractivity contribution in [1.29, 1.82) is 0 Å². The molecule has 2 rings (SSSR count). The molecule has 0 fully saturated rings. The molecule has 0 bridgehead atoms. The minimum Gasteiger partial charge on any atom is -0.468 e. The maximum Gasteiger partial charge on any atom is 0.138 e. The number of carbonyl (C=O) groups is 1. The molecule has 0 saturated carbocycles. The summed E-state index contributed by atoms with van der Waals surface area (Å²) in [6, 6.07) is 10.7. The number of hydrogen-bond donors (Lipinski definition) is 1. The lowest BCUT2D eigenvalue weighted by molar-refractivity contribution is -0.124. The van der Waals surface area contributed by atoms with Crippen LogP contribution < -0.4 is 4.72 Å². The summed E-state index contributed by atoms with van der Waals surface area (Å²) in [4.78, 5) is 13.2. The highest BCUT2D eigenvalue weighted by Crippen LogP contribution is 2.28. The van der Waals surface area contributed by atoms with Crippen molar-refractivity contribution < 1.29 is 13.4 Å². The van der Waals surface area contributed by atoms with E-state index in [-0.39, 0.29) is 11.7 Å². The van der Waals surface area contributed by atoms with Crippen molar-refractivity contribution in [1.82, 2.24) is 4.72 Å². The van der Waals surface area contributed by atoms with Crippen LogP contribution in [0.4, 0.5) is 0 Å². The van der Waals surface area contributed by atoms with E-state index in [0.717, 1.165) is 12.0 Å². The van der Waals surface area contributed by atoms with Crippen LogP contribution in [0.15, 0.2) is 52.0 Å². The van der Waals surface area contributed by atoms with Gasteiger partial charge in [-0.05, 0) is 44.0 Å². The highest BCUT2D eigenvalue weighted by Gasteiger charge is 2.30. The summed E-state index contributed by atoms with van der Waals surface area (Å²) in [5.74, 6) is 0.562. The first-order valence-electron chi connectivity index (χ1n) is 8.37. The zero-order chi connectivity index (χ0) is 17.5. The average molecular weight is 347 g/mol. The molecule has 24 heavy (non-hydrogen) atoms. The summed E-state index contributed by atoms with van der Waals surface area (Å²) in [6.07, 6.45) is 3.58. The van der Waals surface area contributed by atoms with E-state index in [9.17, 15) is 9.00 Å². The zero-order valence-electron chi connectivity index (χ0n) is 14.5. The number of furan rings is 1. The largest absolute Gasteiger partial charge is 0.468 e. The fraction of sp³-hybridized carbons (Fsp3) is 0.421. The first kappa shape index (κ1) is 18.6. The van der Waals surface area contributed by atoms with E-state index in [1.807, 2.05) is 51.1 Å². The molecule has 0 aliphatic carbocycles. The summed E-state index contributed by atoms with van der Waals surface area (Å²) in [5.41, 5.74) is 1.11. The van der Waals surface area contributed by atoms with Crippen molar-refractivity contribution in [3.8, 4) is 0 Å². The molecule has 0 aliphatic rings. The number of rotatable bonds is 9. The SMILES string of the molecule is CCCC(=O)[C@H](CC)[C@@H](NS(=O)c1ccc(C)cc1)c1ccco1. The number of hydrogen-bond acceptors (Lipinski definition) is 3. The summed E-state index contributed by atoms with van der Waals surface area (Å²) >= 11 is 0. The van der Waals surface area contributed by atoms with E-state index in [1.54, 1.807) is 12.3 Å². The molecule has 0 amide bonds. The summed E-state index contributed by atoms with van der Waals surface area (Å²) < 4.78 is 21.3. The third kappa shape index (κ3) is 4.65. The molecule has 3 atom stereocenters. The molecule has 4 nitrogen and oxygen atoms in total. The molecule has 5 heteroatoms. The van der Waals surface area contributed by atoms with Gasteiger partial charge >= 0.3 is 0 Å². The van der Waals surface area contributed by atoms with Crippen LogP contribution in [0.1, 0.15) is 50.5 Å². The standard InChI is InChI=1S/C19H25NO3S/c1-4-7-17(21)16(5-2)19(18-8-6-13-23-18)20-24(22)15-11-9-14(3)10-12-15/h6,8-13,16,19-20H,4-5,7H2,1-3H3/t16-,19+,24?/m0/s1. The lowest BCUT2D eigenvalue weighted by Gasteiger charge is -2.24. The van der Waals surface area contributed by atoms with Crippen molar-refractivity contribution in [3.63, 3.8) is 0 Å². The van der Waals surface area contributed by atoms with Crippen molar-refractivity contribution in [2.45, 2.75) is 51.0 Å². The minimum absolute atomic E-state index is 0.176. The number of benzene rings is 1. The van der Waals surface area contributed by atoms with Gasteiger partial charge in [0.15, 0.2) is 0 Å². The molecule has 0 saturated heterocycles. The lowest BCUT2D eigenvalue weighted by Crippen LogP contribution is -2.33. The van der Waals surface area contributed by atoms with Crippen LogP contribution in [0.3, 0.4) is 0 Å². The molecule has 1 heterocycles. The zero-order valence-corrected chi connectivity index (χ0v) is 15.3. The summed E-state index contributed by atoms with van der Waals surface area (Å²) in [7, 11) is -1.41. The van der Waals surface area contributed by atoms with Gasteiger partial charge in [0.1, 0.15) is 22.5 Å². The normalized spacial score (nSPS) is 15.0. The lowest BCUT2D eigenvalue weighted by atomic mass is 9.89. The fourth-order valence-electron chi connectivity index (χ4n) is 2.73. The maximum absolute atomic E-state index is 12.7. The van der Waals surface area contributed by atoms with Gasteiger partial charge in [-0.15, -0.1) is 0 Å². The molecule has 130 valence electrons. The molecule has 1 N–H and O–H groups in total. The second-order valence-electron chi connectivity index (χ2n) is 5.92. The van der Waals surface area contributed by atoms with Crippen molar-refractivity contribution in [3.05, 3.63) is 54.0 Å². The first-order chi connectivity index (χ1) is 11.6. The Balaban J connectivity index is 2.24. The highest BCUT2D eigenvalue weighted by atomic mass is 32.2. The van der Waals surface area contributed by atoms with Gasteiger partial charge in [0.2, 0.25) is 0 Å². The quantitative estimate of drug-likeness (QED) is 0.734. The number of Topliss-reactive ketones (excluding diaryl/α,β-unsaturated/α-hetero) is 1. The van der Waals surface area contributed by atoms with Crippen LogP contribution in [-0.2, 0) is 15.8 Å². The van der Waals surface area contributed by atoms with E-state index < -0.39 is 17.0 Å². The van der Waals surface area contributed by atoms with Gasteiger partial charge in [0.25, 0.3) is 0 Å². The second-order valence-corrected chi connectivity index (χ2v) is 7.17. The Hall–Kier alpha value is -1.72. The predicted molar refractivity (Wildman–Crippen MR) is 95.9 cm³/mol. The molecular weight excluding hydrogens is 322 g/mol. The molecule has 0 aliphatic heterocycles. The molecule has 1 aromatic carbocycles. The Morgan fingerprint density at radius 3 is 2.46 bits per heavy atom. The molecule has 1 aromatic heterocycles. The average Bonchev–Trinajstić information content (AvgIpc) is 3.09. The summed E-state index contributed by atoms with van der Waals surface area (Å²) in [6.45, 7) is 5.96. The summed E-state index contributed by atoms with van der Waals surface area (Å²) in [5, 5.41) is 0. The Kier molecular flexibility index (Phi) is 6.94. The van der Waals surface area contributed by atoms with Gasteiger partial charge < -0.3 is 4.42 Å². The molecule has 0 radical (unpaired) electrons. The van der Waals surface area contributed by atoms with Crippen molar-refractivity contribution in [2.24, 2.45) is 5.92 Å². The van der Waals surface area contributed by atoms with Gasteiger partial charge in [-0.2, -0.15) is 0 Å². The maximum atomic E-state index is 12.7. The number of carbonyl (C=O) groups excluding carboxylic acids is 1. The van der Waals surface area contributed by atoms with Gasteiger partial charge in [-0.25, -0.2) is 8.93 Å². The molecular formula is C19H25NO3S. The monoisotopic (exact) mass is 347 g/mol. The van der Waals surface area contributed by atoms with Crippen molar-refractivity contribution in [2.75, 3.05) is 0 Å². The molecule has 0 spiro atoms. The molecule has 2 aromatic rings. The van der Waals surface area contributed by atoms with E-state index >= 15 is 0 Å². The van der Waals surface area contributed by atoms with Crippen LogP contribution in [0.2, 0.25) is 0 Å². The van der Waals surface area contributed by atoms with E-state index in [4.69, 9.17) is 4.42 Å². The Morgan fingerprint density at radius 2 is 1.92 bits per heavy atom. The fourth-order valence-corrected chi connectivity index (χ4v) is 3.76.